The van der Waals surface area contributed by atoms with Gasteiger partial charge in [0.25, 0.3) is 0 Å². The lowest BCUT2D eigenvalue weighted by molar-refractivity contribution is 0.249. The lowest BCUT2D eigenvalue weighted by atomic mass is 10.2. The summed E-state index contributed by atoms with van der Waals surface area (Å²) >= 11 is 0. The summed E-state index contributed by atoms with van der Waals surface area (Å²) in [5.41, 5.74) is 7.11. The van der Waals surface area contributed by atoms with Gasteiger partial charge in [0.15, 0.2) is 0 Å². The molecule has 15 heavy (non-hydrogen) atoms. The summed E-state index contributed by atoms with van der Waals surface area (Å²) < 4.78 is 1.79. The van der Waals surface area contributed by atoms with E-state index in [1.54, 1.807) is 4.68 Å². The second-order valence-electron chi connectivity index (χ2n) is 3.38. The minimum absolute atomic E-state index is 0.491. The SMILES string of the molecule is Cc1nn(C)cc1CNCCNC(N)=O. The van der Waals surface area contributed by atoms with E-state index >= 15 is 0 Å². The number of aromatic nitrogens is 2. The third-order valence-corrected chi connectivity index (χ3v) is 2.03. The number of hydrogen-bond acceptors (Lipinski definition) is 3. The van der Waals surface area contributed by atoms with Crippen LogP contribution in [0.4, 0.5) is 4.79 Å². The fraction of sp³-hybridized carbons (Fsp3) is 0.556. The number of carbonyl (C=O) groups is 1. The Morgan fingerprint density at radius 2 is 2.33 bits per heavy atom. The van der Waals surface area contributed by atoms with Crippen molar-refractivity contribution < 1.29 is 4.79 Å². The summed E-state index contributed by atoms with van der Waals surface area (Å²) in [5, 5.41) is 9.92. The van der Waals surface area contributed by atoms with E-state index in [1.165, 1.54) is 0 Å². The number of nitrogens with one attached hydrogen (secondary N) is 2. The van der Waals surface area contributed by atoms with E-state index < -0.39 is 6.03 Å². The van der Waals surface area contributed by atoms with Gasteiger partial charge in [-0.25, -0.2) is 4.79 Å². The van der Waals surface area contributed by atoms with Crippen LogP contribution in [0.25, 0.3) is 0 Å². The molecule has 4 N–H and O–H groups in total. The number of carbonyl (C=O) groups excluding carboxylic acids is 1. The smallest absolute Gasteiger partial charge is 0.312 e. The highest BCUT2D eigenvalue weighted by molar-refractivity contribution is 5.71. The molecule has 0 saturated carbocycles. The van der Waals surface area contributed by atoms with Crippen LogP contribution in [0, 0.1) is 6.92 Å². The summed E-state index contributed by atoms with van der Waals surface area (Å²) in [6.45, 7) is 3.95. The average molecular weight is 211 g/mol. The van der Waals surface area contributed by atoms with Crippen LogP contribution >= 0.6 is 0 Å². The van der Waals surface area contributed by atoms with E-state index in [4.69, 9.17) is 5.73 Å². The molecule has 84 valence electrons. The molecule has 0 aliphatic rings. The Morgan fingerprint density at radius 3 is 2.87 bits per heavy atom. The first-order chi connectivity index (χ1) is 7.09. The predicted molar refractivity (Wildman–Crippen MR) is 57.2 cm³/mol. The van der Waals surface area contributed by atoms with Gasteiger partial charge in [0.1, 0.15) is 0 Å². The summed E-state index contributed by atoms with van der Waals surface area (Å²) in [6, 6.07) is -0.491. The molecule has 0 saturated heterocycles. The lowest BCUT2D eigenvalue weighted by Gasteiger charge is -2.03. The number of amides is 2. The number of nitrogens with two attached hydrogens (primary N) is 1. The summed E-state index contributed by atoms with van der Waals surface area (Å²) in [5.74, 6) is 0. The number of urea groups is 1. The molecule has 0 atom stereocenters. The van der Waals surface area contributed by atoms with Gasteiger partial charge in [0.05, 0.1) is 5.69 Å². The van der Waals surface area contributed by atoms with Crippen LogP contribution in [0.15, 0.2) is 6.20 Å². The van der Waals surface area contributed by atoms with Crippen molar-refractivity contribution >= 4 is 6.03 Å². The molecule has 0 fully saturated rings. The summed E-state index contributed by atoms with van der Waals surface area (Å²) in [6.07, 6.45) is 1.98. The lowest BCUT2D eigenvalue weighted by Crippen LogP contribution is -2.35. The molecule has 0 bridgehead atoms. The highest BCUT2D eigenvalue weighted by Gasteiger charge is 2.01. The molecule has 1 aromatic heterocycles. The number of aryl methyl sites for hydroxylation is 2. The molecule has 0 radical (unpaired) electrons. The van der Waals surface area contributed by atoms with Crippen molar-refractivity contribution in [2.24, 2.45) is 12.8 Å². The molecule has 0 aliphatic carbocycles. The molecule has 1 aromatic rings. The topological polar surface area (TPSA) is 85.0 Å². The fourth-order valence-corrected chi connectivity index (χ4v) is 1.32. The van der Waals surface area contributed by atoms with Crippen molar-refractivity contribution in [3.8, 4) is 0 Å². The maximum atomic E-state index is 10.4. The quantitative estimate of drug-likeness (QED) is 0.573. The van der Waals surface area contributed by atoms with Gasteiger partial charge in [0, 0.05) is 38.4 Å². The molecule has 6 nitrogen and oxygen atoms in total. The van der Waals surface area contributed by atoms with Crippen LogP contribution < -0.4 is 16.4 Å². The number of hydrogen-bond donors (Lipinski definition) is 3. The van der Waals surface area contributed by atoms with E-state index in [9.17, 15) is 4.79 Å². The van der Waals surface area contributed by atoms with Crippen LogP contribution in [0.3, 0.4) is 0 Å². The van der Waals surface area contributed by atoms with Gasteiger partial charge in [-0.15, -0.1) is 0 Å². The minimum Gasteiger partial charge on any atom is -0.352 e. The van der Waals surface area contributed by atoms with Gasteiger partial charge in [-0.3, -0.25) is 4.68 Å². The van der Waals surface area contributed by atoms with Gasteiger partial charge in [0.2, 0.25) is 0 Å². The number of primary amides is 1. The first-order valence-corrected chi connectivity index (χ1v) is 4.82. The second-order valence-corrected chi connectivity index (χ2v) is 3.38. The van der Waals surface area contributed by atoms with Crippen molar-refractivity contribution in [1.82, 2.24) is 20.4 Å². The average Bonchev–Trinajstić information content (AvgIpc) is 2.44. The highest BCUT2D eigenvalue weighted by atomic mass is 16.2. The maximum Gasteiger partial charge on any atom is 0.312 e. The summed E-state index contributed by atoms with van der Waals surface area (Å²) in [4.78, 5) is 10.4. The van der Waals surface area contributed by atoms with E-state index in [1.807, 2.05) is 20.2 Å². The second kappa shape index (κ2) is 5.35. The Balaban J connectivity index is 2.20. The van der Waals surface area contributed by atoms with Crippen LogP contribution in [0.1, 0.15) is 11.3 Å². The first kappa shape index (κ1) is 11.5. The molecular weight excluding hydrogens is 194 g/mol. The molecule has 6 heteroatoms. The Kier molecular flexibility index (Phi) is 4.11. The van der Waals surface area contributed by atoms with Crippen LogP contribution in [0.2, 0.25) is 0 Å². The van der Waals surface area contributed by atoms with Crippen molar-refractivity contribution in [3.63, 3.8) is 0 Å². The largest absolute Gasteiger partial charge is 0.352 e. The molecule has 0 unspecified atom stereocenters. The Morgan fingerprint density at radius 1 is 1.60 bits per heavy atom. The van der Waals surface area contributed by atoms with Crippen molar-refractivity contribution in [3.05, 3.63) is 17.5 Å². The Hall–Kier alpha value is -1.56. The highest BCUT2D eigenvalue weighted by Crippen LogP contribution is 2.02. The monoisotopic (exact) mass is 211 g/mol. The normalized spacial score (nSPS) is 10.3. The number of rotatable bonds is 5. The van der Waals surface area contributed by atoms with Gasteiger partial charge < -0.3 is 16.4 Å². The van der Waals surface area contributed by atoms with Crippen molar-refractivity contribution in [1.29, 1.82) is 0 Å². The molecule has 1 heterocycles. The van der Waals surface area contributed by atoms with Crippen molar-refractivity contribution in [2.45, 2.75) is 13.5 Å². The van der Waals surface area contributed by atoms with Gasteiger partial charge in [-0.05, 0) is 6.92 Å². The molecule has 0 aliphatic heterocycles. The van der Waals surface area contributed by atoms with Crippen LogP contribution in [0.5, 0.6) is 0 Å². The van der Waals surface area contributed by atoms with Gasteiger partial charge in [-0.2, -0.15) is 5.10 Å². The zero-order chi connectivity index (χ0) is 11.3. The standard InChI is InChI=1S/C9H17N5O/c1-7-8(6-14(2)13-7)5-11-3-4-12-9(10)15/h6,11H,3-5H2,1-2H3,(H3,10,12,15). The van der Waals surface area contributed by atoms with E-state index in [0.717, 1.165) is 17.8 Å². The van der Waals surface area contributed by atoms with Crippen LogP contribution in [-0.2, 0) is 13.6 Å². The Labute approximate surface area is 88.8 Å². The first-order valence-electron chi connectivity index (χ1n) is 4.82. The fourth-order valence-electron chi connectivity index (χ4n) is 1.32. The van der Waals surface area contributed by atoms with E-state index in [-0.39, 0.29) is 0 Å². The van der Waals surface area contributed by atoms with Crippen LogP contribution in [-0.4, -0.2) is 28.9 Å². The minimum atomic E-state index is -0.491. The van der Waals surface area contributed by atoms with Crippen molar-refractivity contribution in [2.75, 3.05) is 13.1 Å². The summed E-state index contributed by atoms with van der Waals surface area (Å²) in [7, 11) is 1.89. The molecule has 2 amide bonds. The number of nitrogens with zero attached hydrogens (tertiary/aromatic N) is 2. The molecule has 0 spiro atoms. The third-order valence-electron chi connectivity index (χ3n) is 2.03. The van der Waals surface area contributed by atoms with Gasteiger partial charge >= 0.3 is 6.03 Å². The maximum absolute atomic E-state index is 10.4. The zero-order valence-electron chi connectivity index (χ0n) is 9.08. The molecular formula is C9H17N5O. The van der Waals surface area contributed by atoms with E-state index in [2.05, 4.69) is 15.7 Å². The predicted octanol–water partition coefficient (Wildman–Crippen LogP) is -0.514. The Bertz CT molecular complexity index is 333. The molecule has 0 aromatic carbocycles. The molecule has 1 rings (SSSR count). The third kappa shape index (κ3) is 3.99. The zero-order valence-corrected chi connectivity index (χ0v) is 9.08. The van der Waals surface area contributed by atoms with E-state index in [0.29, 0.717) is 13.1 Å². The van der Waals surface area contributed by atoms with Gasteiger partial charge in [-0.1, -0.05) is 0 Å².